The summed E-state index contributed by atoms with van der Waals surface area (Å²) in [5, 5.41) is 20.1. The van der Waals surface area contributed by atoms with Crippen LogP contribution in [0.3, 0.4) is 0 Å². The van der Waals surface area contributed by atoms with Gasteiger partial charge in [0.2, 0.25) is 0 Å². The molecular weight excluding hydrogens is 548 g/mol. The average Bonchev–Trinajstić information content (AvgIpc) is 3.40. The van der Waals surface area contributed by atoms with Gasteiger partial charge in [-0.2, -0.15) is 0 Å². The lowest BCUT2D eigenvalue weighted by molar-refractivity contribution is -0.236. The van der Waals surface area contributed by atoms with E-state index in [1.807, 2.05) is 20.8 Å². The highest BCUT2D eigenvalue weighted by molar-refractivity contribution is 5.69. The summed E-state index contributed by atoms with van der Waals surface area (Å²) >= 11 is 0. The Kier molecular flexibility index (Phi) is 12.7. The summed E-state index contributed by atoms with van der Waals surface area (Å²) in [5.74, 6) is 3.05. The molecule has 0 aromatic rings. The fraction of sp³-hybridized carbons (Fsp3) is 0.923. The summed E-state index contributed by atoms with van der Waals surface area (Å²) < 4.78 is 11.6. The third-order valence-electron chi connectivity index (χ3n) is 13.8. The molecule has 0 aliphatic heterocycles. The average molecular weight is 619 g/mol. The topological polar surface area (TPSA) is 76.0 Å². The fourth-order valence-corrected chi connectivity index (χ4v) is 11.3. The Hall–Kier alpha value is -0.910. The fourth-order valence-electron chi connectivity index (χ4n) is 11.3. The highest BCUT2D eigenvalue weighted by Crippen LogP contribution is 2.76. The summed E-state index contributed by atoms with van der Waals surface area (Å²) in [6, 6.07) is 0. The molecule has 44 heavy (non-hydrogen) atoms. The highest BCUT2D eigenvalue weighted by Gasteiger charge is 2.68. The van der Waals surface area contributed by atoms with E-state index in [1.54, 1.807) is 6.08 Å². The maximum Gasteiger partial charge on any atom is 0.308 e. The molecule has 0 radical (unpaired) electrons. The summed E-state index contributed by atoms with van der Waals surface area (Å²) in [6.07, 6.45) is 16.7. The molecule has 5 fully saturated rings. The second kappa shape index (κ2) is 14.9. The minimum atomic E-state index is -0.621. The first-order valence-corrected chi connectivity index (χ1v) is 18.3. The van der Waals surface area contributed by atoms with Crippen LogP contribution in [0, 0.1) is 51.2 Å². The van der Waals surface area contributed by atoms with Crippen LogP contribution >= 0.6 is 0 Å². The first-order chi connectivity index (χ1) is 20.6. The summed E-state index contributed by atoms with van der Waals surface area (Å²) in [4.78, 5) is 12.7. The highest BCUT2D eigenvalue weighted by atomic mass is 16.5. The SMILES string of the molecule is C=CC.CC1C(O)CCC2(C)C1CCC1(C)C2CCC2C3CCCC3(COC(=O)CCOC(C)(C)CO)CC[C@]21C.CCC. The van der Waals surface area contributed by atoms with E-state index < -0.39 is 5.60 Å². The number of carbonyl (C=O) groups is 1. The van der Waals surface area contributed by atoms with Crippen LogP contribution in [-0.4, -0.2) is 47.7 Å². The molecule has 0 spiro atoms. The smallest absolute Gasteiger partial charge is 0.308 e. The van der Waals surface area contributed by atoms with Crippen LogP contribution in [0.2, 0.25) is 0 Å². The normalized spacial score (nSPS) is 42.5. The Labute approximate surface area is 271 Å². The molecule has 256 valence electrons. The van der Waals surface area contributed by atoms with Crippen LogP contribution in [0.15, 0.2) is 12.7 Å². The zero-order valence-electron chi connectivity index (χ0n) is 30.2. The van der Waals surface area contributed by atoms with Gasteiger partial charge >= 0.3 is 5.97 Å². The number of carbonyl (C=O) groups excluding carboxylic acids is 1. The first-order valence-electron chi connectivity index (χ1n) is 18.3. The molecule has 0 amide bonds. The predicted molar refractivity (Wildman–Crippen MR) is 181 cm³/mol. The Balaban J connectivity index is 0.000000816. The second-order valence-corrected chi connectivity index (χ2v) is 16.8. The molecule has 0 saturated heterocycles. The molecule has 5 aliphatic rings. The predicted octanol–water partition coefficient (Wildman–Crippen LogP) is 9.14. The van der Waals surface area contributed by atoms with E-state index in [2.05, 4.69) is 48.1 Å². The van der Waals surface area contributed by atoms with E-state index in [0.717, 1.165) is 18.3 Å². The maximum absolute atomic E-state index is 12.7. The van der Waals surface area contributed by atoms with E-state index in [1.165, 1.54) is 70.6 Å². The van der Waals surface area contributed by atoms with Gasteiger partial charge in [0, 0.05) is 5.41 Å². The lowest BCUT2D eigenvalue weighted by Crippen LogP contribution is -2.65. The number of ether oxygens (including phenoxy) is 2. The van der Waals surface area contributed by atoms with Crippen molar-refractivity contribution in [2.45, 2.75) is 157 Å². The minimum Gasteiger partial charge on any atom is -0.465 e. The monoisotopic (exact) mass is 619 g/mol. The van der Waals surface area contributed by atoms with Gasteiger partial charge in [0.1, 0.15) is 0 Å². The van der Waals surface area contributed by atoms with Crippen LogP contribution in [0.25, 0.3) is 0 Å². The molecule has 9 unspecified atom stereocenters. The van der Waals surface area contributed by atoms with Crippen LogP contribution < -0.4 is 0 Å². The van der Waals surface area contributed by atoms with Crippen molar-refractivity contribution in [2.24, 2.45) is 51.2 Å². The van der Waals surface area contributed by atoms with Crippen molar-refractivity contribution in [1.29, 1.82) is 0 Å². The number of fused-ring (bicyclic) bond motifs is 7. The van der Waals surface area contributed by atoms with Crippen molar-refractivity contribution < 1.29 is 24.5 Å². The molecule has 0 aromatic heterocycles. The van der Waals surface area contributed by atoms with Gasteiger partial charge in [0.05, 0.1) is 37.9 Å². The Morgan fingerprint density at radius 2 is 1.59 bits per heavy atom. The van der Waals surface area contributed by atoms with Gasteiger partial charge in [-0.25, -0.2) is 0 Å². The Bertz CT molecular complexity index is 947. The second-order valence-electron chi connectivity index (χ2n) is 16.8. The lowest BCUT2D eigenvalue weighted by atomic mass is 9.33. The Morgan fingerprint density at radius 1 is 0.932 bits per heavy atom. The molecule has 5 rings (SSSR count). The standard InChI is InChI=1S/C33H56O5.C3H8.C3H6/c1-22-23-11-16-32(6)27(30(23,4)15-12-26(22)35)10-9-24-25-8-7-14-33(25,18-17-31(24,32)5)21-37-28(36)13-19-38-29(2,3)20-34;2*1-3-2/h22-27,34-35H,7-21H2,1-6H3;3H2,1-2H3;3H,1H2,2H3/t22?,23?,24?,25?,26?,27?,30?,31-,32?,33?;;/m1../s1. The quantitative estimate of drug-likeness (QED) is 0.220. The van der Waals surface area contributed by atoms with Crippen LogP contribution in [0.5, 0.6) is 0 Å². The van der Waals surface area contributed by atoms with Crippen LogP contribution in [0.4, 0.5) is 0 Å². The Morgan fingerprint density at radius 3 is 2.23 bits per heavy atom. The number of esters is 1. The first kappa shape index (κ1) is 37.5. The molecule has 10 atom stereocenters. The molecule has 5 nitrogen and oxygen atoms in total. The number of allylic oxidation sites excluding steroid dienone is 1. The van der Waals surface area contributed by atoms with Crippen LogP contribution in [-0.2, 0) is 14.3 Å². The van der Waals surface area contributed by atoms with E-state index in [9.17, 15) is 15.0 Å². The summed E-state index contributed by atoms with van der Waals surface area (Å²) in [5.41, 5.74) is 0.579. The van der Waals surface area contributed by atoms with Gasteiger partial charge < -0.3 is 19.7 Å². The molecule has 0 bridgehead atoms. The van der Waals surface area contributed by atoms with E-state index in [-0.39, 0.29) is 30.5 Å². The van der Waals surface area contributed by atoms with E-state index in [0.29, 0.717) is 47.2 Å². The molecular formula is C39H70O5. The number of rotatable bonds is 7. The third kappa shape index (κ3) is 7.01. The number of hydrogen-bond acceptors (Lipinski definition) is 5. The summed E-state index contributed by atoms with van der Waals surface area (Å²) in [7, 11) is 0. The number of hydrogen-bond donors (Lipinski definition) is 2. The van der Waals surface area contributed by atoms with Gasteiger partial charge in [0.15, 0.2) is 0 Å². The van der Waals surface area contributed by atoms with Gasteiger partial charge in [-0.05, 0) is 131 Å². The van der Waals surface area contributed by atoms with E-state index in [4.69, 9.17) is 9.47 Å². The maximum atomic E-state index is 12.7. The molecule has 0 heterocycles. The van der Waals surface area contributed by atoms with Crippen molar-refractivity contribution in [3.05, 3.63) is 12.7 Å². The molecule has 2 N–H and O–H groups in total. The largest absolute Gasteiger partial charge is 0.465 e. The van der Waals surface area contributed by atoms with Crippen molar-refractivity contribution in [3.8, 4) is 0 Å². The number of aliphatic hydroxyl groups is 2. The zero-order chi connectivity index (χ0) is 33.0. The van der Waals surface area contributed by atoms with Crippen molar-refractivity contribution in [2.75, 3.05) is 19.8 Å². The summed E-state index contributed by atoms with van der Waals surface area (Å²) in [6.45, 7) is 24.2. The van der Waals surface area contributed by atoms with Gasteiger partial charge in [-0.15, -0.1) is 6.58 Å². The van der Waals surface area contributed by atoms with Crippen molar-refractivity contribution in [3.63, 3.8) is 0 Å². The number of aliphatic hydroxyl groups excluding tert-OH is 2. The lowest BCUT2D eigenvalue weighted by Gasteiger charge is -2.71. The van der Waals surface area contributed by atoms with Crippen molar-refractivity contribution >= 4 is 5.97 Å². The molecule has 5 saturated carbocycles. The van der Waals surface area contributed by atoms with Crippen molar-refractivity contribution in [1.82, 2.24) is 0 Å². The molecule has 5 aliphatic carbocycles. The van der Waals surface area contributed by atoms with Gasteiger partial charge in [-0.3, -0.25) is 4.79 Å². The minimum absolute atomic E-state index is 0.0619. The van der Waals surface area contributed by atoms with E-state index >= 15 is 0 Å². The zero-order valence-corrected chi connectivity index (χ0v) is 30.2. The van der Waals surface area contributed by atoms with Crippen LogP contribution in [0.1, 0.15) is 146 Å². The third-order valence-corrected chi connectivity index (χ3v) is 13.8. The van der Waals surface area contributed by atoms with Gasteiger partial charge in [-0.1, -0.05) is 60.5 Å². The molecule has 0 aromatic carbocycles. The van der Waals surface area contributed by atoms with Gasteiger partial charge in [0.25, 0.3) is 0 Å². The molecule has 5 heteroatoms.